The highest BCUT2D eigenvalue weighted by Gasteiger charge is 2.19. The fourth-order valence-electron chi connectivity index (χ4n) is 2.15. The molecule has 4 N–H and O–H groups in total. The van der Waals surface area contributed by atoms with Crippen molar-refractivity contribution >= 4 is 22.6 Å². The van der Waals surface area contributed by atoms with Crippen molar-refractivity contribution in [1.29, 1.82) is 0 Å². The lowest BCUT2D eigenvalue weighted by Crippen LogP contribution is -2.28. The van der Waals surface area contributed by atoms with Gasteiger partial charge in [0.1, 0.15) is 5.82 Å². The van der Waals surface area contributed by atoms with E-state index < -0.39 is 0 Å². The number of carbonyl (C=O) groups excluding carboxylic acids is 1. The molecule has 0 saturated carbocycles. The van der Waals surface area contributed by atoms with E-state index in [9.17, 15) is 4.79 Å². The molecule has 0 spiro atoms. The van der Waals surface area contributed by atoms with Gasteiger partial charge in [0.15, 0.2) is 0 Å². The van der Waals surface area contributed by atoms with Crippen molar-refractivity contribution in [3.63, 3.8) is 0 Å². The van der Waals surface area contributed by atoms with Gasteiger partial charge in [-0.15, -0.1) is 0 Å². The Hall–Kier alpha value is -1.88. The van der Waals surface area contributed by atoms with Gasteiger partial charge in [0.2, 0.25) is 5.91 Å². The number of fused-ring (bicyclic) bond motifs is 1. The highest BCUT2D eigenvalue weighted by atomic mass is 16.1. The summed E-state index contributed by atoms with van der Waals surface area (Å²) < 4.78 is 0. The van der Waals surface area contributed by atoms with Crippen molar-refractivity contribution in [2.45, 2.75) is 39.5 Å². The van der Waals surface area contributed by atoms with E-state index in [-0.39, 0.29) is 17.2 Å². The van der Waals surface area contributed by atoms with Gasteiger partial charge in [0.05, 0.1) is 17.0 Å². The zero-order chi connectivity index (χ0) is 15.6. The Balaban J connectivity index is 2.25. The van der Waals surface area contributed by atoms with Crippen LogP contribution in [0.2, 0.25) is 0 Å². The summed E-state index contributed by atoms with van der Waals surface area (Å²) in [5.74, 6) is 0.761. The van der Waals surface area contributed by atoms with E-state index in [1.54, 1.807) is 0 Å². The monoisotopic (exact) mass is 288 g/mol. The minimum absolute atomic E-state index is 0.0325. The van der Waals surface area contributed by atoms with Gasteiger partial charge in [0.25, 0.3) is 0 Å². The van der Waals surface area contributed by atoms with E-state index in [1.165, 1.54) is 0 Å². The van der Waals surface area contributed by atoms with Crippen LogP contribution in [0.5, 0.6) is 0 Å². The standard InChI is InChI=1S/C16H24N4O/c1-5-10(9-17)14(21)18-11-6-7-12-13(8-11)20-15(19-12)16(2,3)4/h6-8,10H,5,9,17H2,1-4H3,(H,18,21)(H,19,20). The third kappa shape index (κ3) is 3.42. The molecule has 2 rings (SSSR count). The molecule has 114 valence electrons. The third-order valence-corrected chi connectivity index (χ3v) is 3.61. The number of benzene rings is 1. The van der Waals surface area contributed by atoms with Crippen molar-refractivity contribution in [2.75, 3.05) is 11.9 Å². The second-order valence-electron chi connectivity index (χ2n) is 6.40. The normalized spacial score (nSPS) is 13.4. The maximum atomic E-state index is 12.1. The Morgan fingerprint density at radius 2 is 2.14 bits per heavy atom. The Morgan fingerprint density at radius 1 is 1.43 bits per heavy atom. The zero-order valence-corrected chi connectivity index (χ0v) is 13.2. The van der Waals surface area contributed by atoms with Gasteiger partial charge in [-0.3, -0.25) is 4.79 Å². The summed E-state index contributed by atoms with van der Waals surface area (Å²) in [6, 6.07) is 5.70. The van der Waals surface area contributed by atoms with Crippen LogP contribution < -0.4 is 11.1 Å². The number of H-pyrrole nitrogens is 1. The van der Waals surface area contributed by atoms with Crippen LogP contribution in [0, 0.1) is 5.92 Å². The second kappa shape index (κ2) is 5.85. The van der Waals surface area contributed by atoms with Crippen LogP contribution in [0.1, 0.15) is 39.9 Å². The van der Waals surface area contributed by atoms with Gasteiger partial charge < -0.3 is 16.0 Å². The number of imidazole rings is 1. The SMILES string of the molecule is CCC(CN)C(=O)Nc1ccc2nc(C(C)(C)C)[nH]c2c1. The van der Waals surface area contributed by atoms with Crippen molar-refractivity contribution in [2.24, 2.45) is 11.7 Å². The first-order chi connectivity index (χ1) is 9.85. The maximum absolute atomic E-state index is 12.1. The lowest BCUT2D eigenvalue weighted by molar-refractivity contribution is -0.119. The minimum Gasteiger partial charge on any atom is -0.341 e. The van der Waals surface area contributed by atoms with Crippen molar-refractivity contribution in [3.8, 4) is 0 Å². The Labute approximate surface area is 125 Å². The first kappa shape index (κ1) is 15.5. The highest BCUT2D eigenvalue weighted by molar-refractivity contribution is 5.94. The number of nitrogens with two attached hydrogens (primary N) is 1. The summed E-state index contributed by atoms with van der Waals surface area (Å²) in [6.45, 7) is 8.66. The smallest absolute Gasteiger partial charge is 0.228 e. The summed E-state index contributed by atoms with van der Waals surface area (Å²) in [7, 11) is 0. The largest absolute Gasteiger partial charge is 0.341 e. The van der Waals surface area contributed by atoms with Crippen molar-refractivity contribution in [3.05, 3.63) is 24.0 Å². The van der Waals surface area contributed by atoms with E-state index >= 15 is 0 Å². The molecule has 1 aromatic heterocycles. The number of hydrogen-bond donors (Lipinski definition) is 3. The molecule has 0 radical (unpaired) electrons. The molecule has 0 saturated heterocycles. The van der Waals surface area contributed by atoms with Crippen LogP contribution in [0.25, 0.3) is 11.0 Å². The molecule has 21 heavy (non-hydrogen) atoms. The fourth-order valence-corrected chi connectivity index (χ4v) is 2.15. The lowest BCUT2D eigenvalue weighted by Gasteiger charge is -2.13. The summed E-state index contributed by atoms with van der Waals surface area (Å²) in [5.41, 5.74) is 8.17. The molecule has 5 nitrogen and oxygen atoms in total. The van der Waals surface area contributed by atoms with Crippen molar-refractivity contribution in [1.82, 2.24) is 9.97 Å². The van der Waals surface area contributed by atoms with Crippen molar-refractivity contribution < 1.29 is 4.79 Å². The number of rotatable bonds is 4. The van der Waals surface area contributed by atoms with Crippen LogP contribution in [-0.2, 0) is 10.2 Å². The molecule has 1 heterocycles. The number of nitrogens with zero attached hydrogens (tertiary/aromatic N) is 1. The molecule has 0 bridgehead atoms. The maximum Gasteiger partial charge on any atom is 0.228 e. The van der Waals surface area contributed by atoms with Crippen LogP contribution in [0.15, 0.2) is 18.2 Å². The van der Waals surface area contributed by atoms with Gasteiger partial charge >= 0.3 is 0 Å². The quantitative estimate of drug-likeness (QED) is 0.809. The van der Waals surface area contributed by atoms with E-state index in [0.717, 1.165) is 29.0 Å². The van der Waals surface area contributed by atoms with Gasteiger partial charge in [-0.1, -0.05) is 27.7 Å². The number of anilines is 1. The van der Waals surface area contributed by atoms with Crippen LogP contribution >= 0.6 is 0 Å². The molecule has 0 fully saturated rings. The lowest BCUT2D eigenvalue weighted by atomic mass is 9.96. The predicted octanol–water partition coefficient (Wildman–Crippen LogP) is 2.78. The number of aromatic nitrogens is 2. The number of hydrogen-bond acceptors (Lipinski definition) is 3. The predicted molar refractivity (Wildman–Crippen MR) is 86.3 cm³/mol. The molecule has 0 aliphatic carbocycles. The number of aromatic amines is 1. The Bertz CT molecular complexity index is 635. The minimum atomic E-state index is -0.146. The zero-order valence-electron chi connectivity index (χ0n) is 13.2. The Morgan fingerprint density at radius 3 is 2.71 bits per heavy atom. The number of carbonyl (C=O) groups is 1. The molecule has 1 unspecified atom stereocenters. The molecule has 5 heteroatoms. The molecular weight excluding hydrogens is 264 g/mol. The van der Waals surface area contributed by atoms with Crippen LogP contribution in [-0.4, -0.2) is 22.4 Å². The first-order valence-electron chi connectivity index (χ1n) is 7.36. The second-order valence-corrected chi connectivity index (χ2v) is 6.40. The Kier molecular flexibility index (Phi) is 4.32. The van der Waals surface area contributed by atoms with E-state index in [0.29, 0.717) is 6.54 Å². The first-order valence-corrected chi connectivity index (χ1v) is 7.36. The van der Waals surface area contributed by atoms with Gasteiger partial charge in [-0.05, 0) is 24.6 Å². The fraction of sp³-hybridized carbons (Fsp3) is 0.500. The van der Waals surface area contributed by atoms with E-state index in [4.69, 9.17) is 5.73 Å². The van der Waals surface area contributed by atoms with Gasteiger partial charge in [-0.2, -0.15) is 0 Å². The van der Waals surface area contributed by atoms with E-state index in [2.05, 4.69) is 36.1 Å². The molecule has 2 aromatic rings. The molecular formula is C16H24N4O. The summed E-state index contributed by atoms with van der Waals surface area (Å²) in [6.07, 6.45) is 0.739. The van der Waals surface area contributed by atoms with Crippen LogP contribution in [0.4, 0.5) is 5.69 Å². The summed E-state index contributed by atoms with van der Waals surface area (Å²) in [4.78, 5) is 20.0. The van der Waals surface area contributed by atoms with Gasteiger partial charge in [-0.25, -0.2) is 4.98 Å². The molecule has 1 aromatic carbocycles. The molecule has 0 aliphatic heterocycles. The summed E-state index contributed by atoms with van der Waals surface area (Å²) in [5, 5.41) is 2.92. The number of amides is 1. The molecule has 1 atom stereocenters. The van der Waals surface area contributed by atoms with Crippen LogP contribution in [0.3, 0.4) is 0 Å². The third-order valence-electron chi connectivity index (χ3n) is 3.61. The average Bonchev–Trinajstić information content (AvgIpc) is 2.83. The molecule has 0 aliphatic rings. The summed E-state index contributed by atoms with van der Waals surface area (Å²) >= 11 is 0. The van der Waals surface area contributed by atoms with E-state index in [1.807, 2.05) is 25.1 Å². The molecule has 1 amide bonds. The van der Waals surface area contributed by atoms with Gasteiger partial charge in [0, 0.05) is 17.6 Å². The number of nitrogens with one attached hydrogen (secondary N) is 2. The topological polar surface area (TPSA) is 83.8 Å². The highest BCUT2D eigenvalue weighted by Crippen LogP contribution is 2.24. The average molecular weight is 288 g/mol.